The van der Waals surface area contributed by atoms with Gasteiger partial charge in [0.2, 0.25) is 0 Å². The van der Waals surface area contributed by atoms with Crippen LogP contribution >= 0.6 is 0 Å². The van der Waals surface area contributed by atoms with Gasteiger partial charge in [0.1, 0.15) is 0 Å². The SMILES string of the molecule is CCCCc1ccc2c(c1)CNCC2CC. The Labute approximate surface area is 99.3 Å². The van der Waals surface area contributed by atoms with Crippen molar-refractivity contribution in [3.8, 4) is 0 Å². The molecule has 0 radical (unpaired) electrons. The molecule has 0 saturated carbocycles. The highest BCUT2D eigenvalue weighted by atomic mass is 14.9. The molecule has 0 fully saturated rings. The number of hydrogen-bond acceptors (Lipinski definition) is 1. The molecular weight excluding hydrogens is 194 g/mol. The molecule has 1 heterocycles. The van der Waals surface area contributed by atoms with Crippen LogP contribution < -0.4 is 5.32 Å². The molecule has 0 spiro atoms. The third-order valence-corrected chi connectivity index (χ3v) is 3.67. The summed E-state index contributed by atoms with van der Waals surface area (Å²) >= 11 is 0. The number of unbranched alkanes of at least 4 members (excludes halogenated alkanes) is 1. The fourth-order valence-electron chi connectivity index (χ4n) is 2.60. The van der Waals surface area contributed by atoms with E-state index in [0.29, 0.717) is 0 Å². The summed E-state index contributed by atoms with van der Waals surface area (Å²) in [4.78, 5) is 0. The van der Waals surface area contributed by atoms with Gasteiger partial charge >= 0.3 is 0 Å². The summed E-state index contributed by atoms with van der Waals surface area (Å²) in [5.41, 5.74) is 4.63. The summed E-state index contributed by atoms with van der Waals surface area (Å²) < 4.78 is 0. The van der Waals surface area contributed by atoms with Crippen LogP contribution in [0.15, 0.2) is 18.2 Å². The second-order valence-corrected chi connectivity index (χ2v) is 4.87. The van der Waals surface area contributed by atoms with Crippen molar-refractivity contribution in [2.75, 3.05) is 6.54 Å². The summed E-state index contributed by atoms with van der Waals surface area (Å²) in [7, 11) is 0. The van der Waals surface area contributed by atoms with Gasteiger partial charge in [-0.25, -0.2) is 0 Å². The van der Waals surface area contributed by atoms with Gasteiger partial charge in [-0.15, -0.1) is 0 Å². The summed E-state index contributed by atoms with van der Waals surface area (Å²) in [6.07, 6.45) is 5.07. The van der Waals surface area contributed by atoms with E-state index in [1.54, 1.807) is 5.56 Å². The zero-order chi connectivity index (χ0) is 11.4. The molecule has 1 aliphatic rings. The second kappa shape index (κ2) is 5.49. The van der Waals surface area contributed by atoms with Crippen LogP contribution in [0.5, 0.6) is 0 Å². The lowest BCUT2D eigenvalue weighted by Crippen LogP contribution is -2.27. The maximum atomic E-state index is 3.53. The van der Waals surface area contributed by atoms with E-state index in [2.05, 4.69) is 37.4 Å². The van der Waals surface area contributed by atoms with E-state index in [9.17, 15) is 0 Å². The van der Waals surface area contributed by atoms with Gasteiger partial charge < -0.3 is 5.32 Å². The minimum Gasteiger partial charge on any atom is -0.312 e. The molecule has 0 aromatic heterocycles. The minimum absolute atomic E-state index is 0.726. The van der Waals surface area contributed by atoms with Crippen molar-refractivity contribution in [1.29, 1.82) is 0 Å². The number of aryl methyl sites for hydroxylation is 1. The quantitative estimate of drug-likeness (QED) is 0.812. The Hall–Kier alpha value is -0.820. The van der Waals surface area contributed by atoms with Gasteiger partial charge in [0.15, 0.2) is 0 Å². The molecular formula is C15H23N. The van der Waals surface area contributed by atoms with Crippen molar-refractivity contribution in [1.82, 2.24) is 5.32 Å². The molecule has 0 saturated heterocycles. The number of nitrogens with one attached hydrogen (secondary N) is 1. The van der Waals surface area contributed by atoms with Crippen LogP contribution in [0.3, 0.4) is 0 Å². The first kappa shape index (κ1) is 11.7. The van der Waals surface area contributed by atoms with E-state index in [-0.39, 0.29) is 0 Å². The van der Waals surface area contributed by atoms with Crippen LogP contribution in [-0.2, 0) is 13.0 Å². The van der Waals surface area contributed by atoms with Gasteiger partial charge in [0, 0.05) is 13.1 Å². The van der Waals surface area contributed by atoms with Crippen molar-refractivity contribution in [3.63, 3.8) is 0 Å². The van der Waals surface area contributed by atoms with Crippen LogP contribution in [0.1, 0.15) is 55.7 Å². The molecule has 16 heavy (non-hydrogen) atoms. The zero-order valence-corrected chi connectivity index (χ0v) is 10.6. The molecule has 1 aromatic carbocycles. The van der Waals surface area contributed by atoms with Crippen LogP contribution in [0.25, 0.3) is 0 Å². The number of hydrogen-bond donors (Lipinski definition) is 1. The van der Waals surface area contributed by atoms with E-state index in [0.717, 1.165) is 19.0 Å². The first-order chi connectivity index (χ1) is 7.85. The third kappa shape index (κ3) is 2.46. The topological polar surface area (TPSA) is 12.0 Å². The Balaban J connectivity index is 2.18. The lowest BCUT2D eigenvalue weighted by molar-refractivity contribution is 0.529. The van der Waals surface area contributed by atoms with Gasteiger partial charge in [-0.05, 0) is 41.9 Å². The van der Waals surface area contributed by atoms with E-state index in [1.165, 1.54) is 36.8 Å². The van der Waals surface area contributed by atoms with Crippen molar-refractivity contribution >= 4 is 0 Å². The van der Waals surface area contributed by atoms with E-state index in [1.807, 2.05) is 0 Å². The highest BCUT2D eigenvalue weighted by Gasteiger charge is 2.17. The average Bonchev–Trinajstić information content (AvgIpc) is 2.35. The number of benzene rings is 1. The predicted molar refractivity (Wildman–Crippen MR) is 69.8 cm³/mol. The van der Waals surface area contributed by atoms with Gasteiger partial charge in [-0.2, -0.15) is 0 Å². The molecule has 1 aliphatic heterocycles. The number of rotatable bonds is 4. The fourth-order valence-corrected chi connectivity index (χ4v) is 2.60. The van der Waals surface area contributed by atoms with Crippen LogP contribution in [0.2, 0.25) is 0 Å². The van der Waals surface area contributed by atoms with Gasteiger partial charge in [0.05, 0.1) is 0 Å². The van der Waals surface area contributed by atoms with Gasteiger partial charge in [-0.3, -0.25) is 0 Å². The zero-order valence-electron chi connectivity index (χ0n) is 10.6. The molecule has 88 valence electrons. The van der Waals surface area contributed by atoms with Crippen molar-refractivity contribution in [2.24, 2.45) is 0 Å². The molecule has 0 aliphatic carbocycles. The monoisotopic (exact) mass is 217 g/mol. The Kier molecular flexibility index (Phi) is 4.00. The molecule has 1 N–H and O–H groups in total. The summed E-state index contributed by atoms with van der Waals surface area (Å²) in [5, 5.41) is 3.53. The maximum absolute atomic E-state index is 3.53. The standard InChI is InChI=1S/C15H23N/c1-3-5-6-12-7-8-15-13(4-2)10-16-11-14(15)9-12/h7-9,13,16H,3-6,10-11H2,1-2H3. The van der Waals surface area contributed by atoms with Gasteiger partial charge in [-0.1, -0.05) is 38.5 Å². The summed E-state index contributed by atoms with van der Waals surface area (Å²) in [5.74, 6) is 0.726. The molecule has 1 aromatic rings. The maximum Gasteiger partial charge on any atom is 0.0208 e. The highest BCUT2D eigenvalue weighted by Crippen LogP contribution is 2.27. The van der Waals surface area contributed by atoms with Crippen LogP contribution in [0.4, 0.5) is 0 Å². The fraction of sp³-hybridized carbons (Fsp3) is 0.600. The lowest BCUT2D eigenvalue weighted by Gasteiger charge is -2.26. The molecule has 1 nitrogen and oxygen atoms in total. The highest BCUT2D eigenvalue weighted by molar-refractivity contribution is 5.36. The lowest BCUT2D eigenvalue weighted by atomic mass is 9.87. The second-order valence-electron chi connectivity index (χ2n) is 4.87. The van der Waals surface area contributed by atoms with Crippen molar-refractivity contribution < 1.29 is 0 Å². The Morgan fingerprint density at radius 1 is 1.31 bits per heavy atom. The average molecular weight is 217 g/mol. The van der Waals surface area contributed by atoms with Gasteiger partial charge in [0.25, 0.3) is 0 Å². The smallest absolute Gasteiger partial charge is 0.0208 e. The molecule has 0 amide bonds. The Morgan fingerprint density at radius 3 is 2.94 bits per heavy atom. The summed E-state index contributed by atoms with van der Waals surface area (Å²) in [6.45, 7) is 6.75. The molecule has 1 atom stereocenters. The van der Waals surface area contributed by atoms with Crippen molar-refractivity contribution in [2.45, 2.75) is 52.0 Å². The number of fused-ring (bicyclic) bond motifs is 1. The molecule has 2 rings (SSSR count). The molecule has 0 bridgehead atoms. The summed E-state index contributed by atoms with van der Waals surface area (Å²) in [6, 6.07) is 7.12. The first-order valence-corrected chi connectivity index (χ1v) is 6.67. The minimum atomic E-state index is 0.726. The molecule has 1 unspecified atom stereocenters. The predicted octanol–water partition coefficient (Wildman–Crippen LogP) is 3.63. The van der Waals surface area contributed by atoms with Crippen LogP contribution in [0, 0.1) is 0 Å². The molecule has 1 heteroatoms. The third-order valence-electron chi connectivity index (χ3n) is 3.67. The Morgan fingerprint density at radius 2 is 2.19 bits per heavy atom. The normalized spacial score (nSPS) is 19.5. The Bertz CT molecular complexity index is 343. The van der Waals surface area contributed by atoms with Crippen molar-refractivity contribution in [3.05, 3.63) is 34.9 Å². The van der Waals surface area contributed by atoms with E-state index in [4.69, 9.17) is 0 Å². The first-order valence-electron chi connectivity index (χ1n) is 6.67. The van der Waals surface area contributed by atoms with Crippen LogP contribution in [-0.4, -0.2) is 6.54 Å². The van der Waals surface area contributed by atoms with E-state index >= 15 is 0 Å². The largest absolute Gasteiger partial charge is 0.312 e. The van der Waals surface area contributed by atoms with E-state index < -0.39 is 0 Å².